The zero-order valence-electron chi connectivity index (χ0n) is 22.5. The van der Waals surface area contributed by atoms with Crippen molar-refractivity contribution in [1.82, 2.24) is 10.4 Å². The second-order valence-corrected chi connectivity index (χ2v) is 9.90. The monoisotopic (exact) mass is 538 g/mol. The van der Waals surface area contributed by atoms with E-state index in [1.54, 1.807) is 20.3 Å². The number of H-pyrrole nitrogens is 1. The minimum absolute atomic E-state index is 0.0412. The number of hydrazone groups is 1. The number of hydrogen-bond donors (Lipinski definition) is 2. The lowest BCUT2D eigenvalue weighted by molar-refractivity contribution is -0.665. The molecule has 9 nitrogen and oxygen atoms in total. The van der Waals surface area contributed by atoms with Gasteiger partial charge in [0.15, 0.2) is 29.1 Å². The number of aromatic nitrogens is 2. The first-order chi connectivity index (χ1) is 19.6. The van der Waals surface area contributed by atoms with Crippen LogP contribution < -0.4 is 24.6 Å². The largest absolute Gasteiger partial charge is 0.872 e. The van der Waals surface area contributed by atoms with E-state index >= 15 is 0 Å². The van der Waals surface area contributed by atoms with E-state index in [9.17, 15) is 9.90 Å². The summed E-state index contributed by atoms with van der Waals surface area (Å²) in [5.74, 6) is 2.63. The Morgan fingerprint density at radius 2 is 1.93 bits per heavy atom. The number of methoxy groups -OCH3 is 2. The molecule has 0 saturated carbocycles. The molecule has 2 heterocycles. The van der Waals surface area contributed by atoms with Crippen LogP contribution in [0.25, 0.3) is 22.0 Å². The molecule has 2 aromatic heterocycles. The van der Waals surface area contributed by atoms with Gasteiger partial charge in [-0.05, 0) is 60.7 Å². The Morgan fingerprint density at radius 3 is 2.77 bits per heavy atom. The molecule has 40 heavy (non-hydrogen) atoms. The Hall–Kier alpha value is -4.79. The molecule has 0 fully saturated rings. The van der Waals surface area contributed by atoms with E-state index in [-0.39, 0.29) is 18.2 Å². The molecule has 5 aromatic rings. The smallest absolute Gasteiger partial charge is 0.282 e. The Labute approximate surface area is 231 Å². The van der Waals surface area contributed by atoms with Gasteiger partial charge in [0.1, 0.15) is 11.3 Å². The van der Waals surface area contributed by atoms with Gasteiger partial charge in [-0.15, -0.1) is 0 Å². The number of aryl methyl sites for hydroxylation is 2. The topological polar surface area (TPSA) is 116 Å². The van der Waals surface area contributed by atoms with Crippen molar-refractivity contribution < 1.29 is 28.4 Å². The van der Waals surface area contributed by atoms with E-state index in [1.165, 1.54) is 12.3 Å². The van der Waals surface area contributed by atoms with Crippen molar-refractivity contribution in [2.75, 3.05) is 14.2 Å². The molecule has 204 valence electrons. The van der Waals surface area contributed by atoms with Gasteiger partial charge in [0, 0.05) is 17.4 Å². The van der Waals surface area contributed by atoms with Crippen LogP contribution in [0.5, 0.6) is 17.2 Å². The second-order valence-electron chi connectivity index (χ2n) is 9.90. The van der Waals surface area contributed by atoms with Crippen LogP contribution in [0, 0.1) is 0 Å². The van der Waals surface area contributed by atoms with Crippen LogP contribution in [-0.4, -0.2) is 31.3 Å². The first-order valence-electron chi connectivity index (χ1n) is 13.3. The lowest BCUT2D eigenvalue weighted by Gasteiger charge is -2.13. The summed E-state index contributed by atoms with van der Waals surface area (Å²) in [5, 5.41) is 17.7. The van der Waals surface area contributed by atoms with Crippen LogP contribution >= 0.6 is 0 Å². The van der Waals surface area contributed by atoms with Crippen LogP contribution in [0.15, 0.2) is 64.1 Å². The third-order valence-electron chi connectivity index (χ3n) is 7.42. The second kappa shape index (κ2) is 10.8. The number of para-hydroxylation sites is 2. The number of amides is 1. The van der Waals surface area contributed by atoms with Crippen molar-refractivity contribution in [3.05, 3.63) is 82.9 Å². The van der Waals surface area contributed by atoms with E-state index in [1.807, 2.05) is 47.0 Å². The van der Waals surface area contributed by atoms with Crippen molar-refractivity contribution in [2.45, 2.75) is 38.6 Å². The molecule has 0 unspecified atom stereocenters. The molecule has 0 radical (unpaired) electrons. The highest BCUT2D eigenvalue weighted by molar-refractivity contribution is 6.03. The molecule has 0 aliphatic heterocycles. The van der Waals surface area contributed by atoms with Gasteiger partial charge in [-0.1, -0.05) is 30.0 Å². The summed E-state index contributed by atoms with van der Waals surface area (Å²) in [6.45, 7) is 0.0412. The standard InChI is InChI=1S/C31H30N4O5/c1-38-26-13-11-19(15-28(26)39-2)16-29-33-22-8-4-5-9-23(22)35(29)18-30(37)34-32-17-21-24(36)12-14-27-31(21)20-7-3-6-10-25(20)40-27/h4-5,8-9,11-15,17H,3,6-7,10,16,18H2,1-2H3,(H2,32,34,36,37). The molecular formula is C31H30N4O5. The van der Waals surface area contributed by atoms with Crippen LogP contribution in [0.2, 0.25) is 0 Å². The molecule has 0 atom stereocenters. The maximum Gasteiger partial charge on any atom is 0.282 e. The van der Waals surface area contributed by atoms with Gasteiger partial charge in [-0.25, -0.2) is 15.0 Å². The van der Waals surface area contributed by atoms with Gasteiger partial charge in [0.2, 0.25) is 0 Å². The highest BCUT2D eigenvalue weighted by Crippen LogP contribution is 2.36. The van der Waals surface area contributed by atoms with E-state index in [2.05, 4.69) is 15.5 Å². The SMILES string of the molecule is COc1ccc(Cc2[nH]c3ccccc3[n+]2CC(=O)N/N=C/c2c([O-])ccc3oc4c(c23)CCCC4)cc1OC. The van der Waals surface area contributed by atoms with Gasteiger partial charge >= 0.3 is 0 Å². The van der Waals surface area contributed by atoms with Crippen LogP contribution in [0.3, 0.4) is 0 Å². The molecule has 1 aliphatic carbocycles. The Bertz CT molecular complexity index is 1750. The predicted molar refractivity (Wildman–Crippen MR) is 149 cm³/mol. The normalized spacial score (nSPS) is 13.2. The fraction of sp³-hybridized carbons (Fsp3) is 0.258. The zero-order valence-corrected chi connectivity index (χ0v) is 22.5. The Balaban J connectivity index is 1.25. The van der Waals surface area contributed by atoms with E-state index in [0.717, 1.165) is 64.8 Å². The Kier molecular flexibility index (Phi) is 6.86. The maximum atomic E-state index is 13.1. The molecular weight excluding hydrogens is 508 g/mol. The van der Waals surface area contributed by atoms with Crippen molar-refractivity contribution in [3.8, 4) is 17.2 Å². The number of imidazole rings is 1. The maximum absolute atomic E-state index is 13.1. The average molecular weight is 539 g/mol. The number of aromatic amines is 1. The predicted octanol–water partition coefficient (Wildman–Crippen LogP) is 3.91. The number of ether oxygens (including phenoxy) is 2. The number of rotatable bonds is 8. The van der Waals surface area contributed by atoms with E-state index in [4.69, 9.17) is 13.9 Å². The number of furan rings is 1. The summed E-state index contributed by atoms with van der Waals surface area (Å²) in [7, 11) is 3.21. The number of carbonyl (C=O) groups is 1. The van der Waals surface area contributed by atoms with Gasteiger partial charge in [-0.2, -0.15) is 5.10 Å². The molecule has 3 aromatic carbocycles. The molecule has 1 amide bonds. The van der Waals surface area contributed by atoms with Gasteiger partial charge in [0.25, 0.3) is 11.7 Å². The first kappa shape index (κ1) is 25.5. The lowest BCUT2D eigenvalue weighted by Crippen LogP contribution is -2.44. The minimum Gasteiger partial charge on any atom is -0.872 e. The van der Waals surface area contributed by atoms with Crippen molar-refractivity contribution >= 4 is 34.1 Å². The fourth-order valence-electron chi connectivity index (χ4n) is 5.53. The zero-order chi connectivity index (χ0) is 27.6. The summed E-state index contributed by atoms with van der Waals surface area (Å²) in [5.41, 5.74) is 7.64. The highest BCUT2D eigenvalue weighted by atomic mass is 16.5. The third-order valence-corrected chi connectivity index (χ3v) is 7.42. The lowest BCUT2D eigenvalue weighted by atomic mass is 9.94. The fourth-order valence-corrected chi connectivity index (χ4v) is 5.53. The summed E-state index contributed by atoms with van der Waals surface area (Å²) in [4.78, 5) is 16.5. The summed E-state index contributed by atoms with van der Waals surface area (Å²) in [6.07, 6.45) is 5.87. The minimum atomic E-state index is -0.312. The quantitative estimate of drug-likeness (QED) is 0.177. The molecule has 2 N–H and O–H groups in total. The van der Waals surface area contributed by atoms with Crippen LogP contribution in [-0.2, 0) is 30.6 Å². The number of nitrogens with one attached hydrogen (secondary N) is 2. The summed E-state index contributed by atoms with van der Waals surface area (Å²) in [6, 6.07) is 16.8. The van der Waals surface area contributed by atoms with Crippen LogP contribution in [0.1, 0.15) is 41.1 Å². The number of hydrogen-bond acceptors (Lipinski definition) is 6. The van der Waals surface area contributed by atoms with Crippen molar-refractivity contribution in [2.24, 2.45) is 5.10 Å². The van der Waals surface area contributed by atoms with Gasteiger partial charge < -0.3 is 19.0 Å². The number of benzene rings is 3. The number of nitrogens with zero attached hydrogens (tertiary/aromatic N) is 2. The molecule has 6 rings (SSSR count). The first-order valence-corrected chi connectivity index (χ1v) is 13.3. The van der Waals surface area contributed by atoms with Crippen LogP contribution in [0.4, 0.5) is 0 Å². The summed E-state index contributed by atoms with van der Waals surface area (Å²) >= 11 is 0. The molecule has 0 bridgehead atoms. The van der Waals surface area contributed by atoms with Crippen molar-refractivity contribution in [1.29, 1.82) is 0 Å². The van der Waals surface area contributed by atoms with Gasteiger partial charge in [0.05, 0.1) is 26.9 Å². The Morgan fingerprint density at radius 1 is 1.10 bits per heavy atom. The van der Waals surface area contributed by atoms with E-state index < -0.39 is 0 Å². The molecule has 0 spiro atoms. The third kappa shape index (κ3) is 4.75. The number of carbonyl (C=O) groups excluding carboxylic acids is 1. The average Bonchev–Trinajstić information content (AvgIpc) is 3.52. The molecule has 0 saturated heterocycles. The van der Waals surface area contributed by atoms with Gasteiger partial charge in [-0.3, -0.25) is 4.79 Å². The number of fused-ring (bicyclic) bond motifs is 4. The summed E-state index contributed by atoms with van der Waals surface area (Å²) < 4.78 is 18.8. The van der Waals surface area contributed by atoms with E-state index in [0.29, 0.717) is 29.1 Å². The van der Waals surface area contributed by atoms with Crippen molar-refractivity contribution in [3.63, 3.8) is 0 Å². The molecule has 9 heteroatoms. The highest BCUT2D eigenvalue weighted by Gasteiger charge is 2.22. The molecule has 1 aliphatic rings.